The van der Waals surface area contributed by atoms with Crippen LogP contribution in [0.2, 0.25) is 0 Å². The Morgan fingerprint density at radius 2 is 2.00 bits per heavy atom. The van der Waals surface area contributed by atoms with Crippen molar-refractivity contribution in [1.82, 2.24) is 0 Å². The van der Waals surface area contributed by atoms with Gasteiger partial charge in [0.05, 0.1) is 32.3 Å². The first kappa shape index (κ1) is 15.8. The van der Waals surface area contributed by atoms with Crippen molar-refractivity contribution in [3.05, 3.63) is 35.4 Å². The summed E-state index contributed by atoms with van der Waals surface area (Å²) in [5.74, 6) is -1.80. The molecule has 2 rings (SSSR count). The van der Waals surface area contributed by atoms with Gasteiger partial charge < -0.3 is 14.2 Å². The maximum atomic E-state index is 12.8. The van der Waals surface area contributed by atoms with Gasteiger partial charge in [0.2, 0.25) is 0 Å². The Kier molecular flexibility index (Phi) is 4.53. The van der Waals surface area contributed by atoms with Crippen LogP contribution < -0.4 is 0 Å². The van der Waals surface area contributed by atoms with Crippen molar-refractivity contribution in [2.45, 2.75) is 24.8 Å². The van der Waals surface area contributed by atoms with E-state index in [4.69, 9.17) is 9.47 Å². The zero-order valence-electron chi connectivity index (χ0n) is 11.4. The number of benzene rings is 1. The summed E-state index contributed by atoms with van der Waals surface area (Å²) in [7, 11) is 1.25. The highest BCUT2D eigenvalue weighted by Gasteiger charge is 2.40. The molecule has 21 heavy (non-hydrogen) atoms. The second-order valence-electron chi connectivity index (χ2n) is 4.60. The van der Waals surface area contributed by atoms with E-state index in [1.165, 1.54) is 19.2 Å². The molecule has 0 radical (unpaired) electrons. The van der Waals surface area contributed by atoms with E-state index < -0.39 is 23.5 Å². The summed E-state index contributed by atoms with van der Waals surface area (Å²) < 4.78 is 53.9. The smallest absolute Gasteiger partial charge is 0.416 e. The quantitative estimate of drug-likeness (QED) is 0.802. The van der Waals surface area contributed by atoms with Crippen molar-refractivity contribution in [3.63, 3.8) is 0 Å². The summed E-state index contributed by atoms with van der Waals surface area (Å²) in [5.41, 5.74) is -0.532. The van der Waals surface area contributed by atoms with Gasteiger partial charge in [-0.05, 0) is 12.1 Å². The van der Waals surface area contributed by atoms with Gasteiger partial charge in [0.15, 0.2) is 5.79 Å². The van der Waals surface area contributed by atoms with E-state index in [0.29, 0.717) is 0 Å². The maximum Gasteiger partial charge on any atom is 0.416 e. The van der Waals surface area contributed by atoms with Gasteiger partial charge in [-0.25, -0.2) is 0 Å². The second kappa shape index (κ2) is 6.03. The minimum Gasteiger partial charge on any atom is -0.469 e. The molecule has 1 aliphatic rings. The molecule has 0 saturated carbocycles. The van der Waals surface area contributed by atoms with Gasteiger partial charge in [-0.1, -0.05) is 12.1 Å². The van der Waals surface area contributed by atoms with Crippen LogP contribution in [-0.4, -0.2) is 26.3 Å². The fraction of sp³-hybridized carbons (Fsp3) is 0.500. The molecule has 7 heteroatoms. The van der Waals surface area contributed by atoms with E-state index in [1.807, 2.05) is 0 Å². The van der Waals surface area contributed by atoms with Crippen LogP contribution in [0.1, 0.15) is 24.0 Å². The number of hydrogen-bond acceptors (Lipinski definition) is 4. The third-order valence-corrected chi connectivity index (χ3v) is 3.27. The molecular weight excluding hydrogens is 289 g/mol. The molecule has 0 amide bonds. The van der Waals surface area contributed by atoms with Crippen molar-refractivity contribution >= 4 is 5.97 Å². The molecular formula is C14H15F3O4. The van der Waals surface area contributed by atoms with Crippen LogP contribution in [0.4, 0.5) is 13.2 Å². The number of hydrogen-bond donors (Lipinski definition) is 0. The first-order chi connectivity index (χ1) is 9.87. The minimum atomic E-state index is -4.45. The lowest BCUT2D eigenvalue weighted by Gasteiger charge is -2.28. The molecule has 0 aromatic heterocycles. The van der Waals surface area contributed by atoms with Crippen LogP contribution in [0.15, 0.2) is 24.3 Å². The Morgan fingerprint density at radius 1 is 1.33 bits per heavy atom. The average molecular weight is 304 g/mol. The summed E-state index contributed by atoms with van der Waals surface area (Å²) >= 11 is 0. The molecule has 1 aromatic rings. The van der Waals surface area contributed by atoms with E-state index >= 15 is 0 Å². The van der Waals surface area contributed by atoms with E-state index in [9.17, 15) is 18.0 Å². The Balaban J connectivity index is 2.28. The Labute approximate surface area is 119 Å². The largest absolute Gasteiger partial charge is 0.469 e. The minimum absolute atomic E-state index is 0.00720. The Morgan fingerprint density at radius 3 is 2.57 bits per heavy atom. The molecule has 0 bridgehead atoms. The monoisotopic (exact) mass is 304 g/mol. The van der Waals surface area contributed by atoms with Crippen molar-refractivity contribution in [2.75, 3.05) is 20.3 Å². The van der Waals surface area contributed by atoms with Gasteiger partial charge in [0, 0.05) is 12.0 Å². The van der Waals surface area contributed by atoms with Crippen LogP contribution in [0, 0.1) is 0 Å². The SMILES string of the molecule is COC(=O)CCC1(c2cccc(C(F)(F)F)c2)OCCO1. The van der Waals surface area contributed by atoms with E-state index in [2.05, 4.69) is 4.74 Å². The number of alkyl halides is 3. The van der Waals surface area contributed by atoms with Gasteiger partial charge in [0.25, 0.3) is 0 Å². The number of rotatable bonds is 4. The third-order valence-electron chi connectivity index (χ3n) is 3.27. The average Bonchev–Trinajstić information content (AvgIpc) is 2.94. The molecule has 0 aliphatic carbocycles. The lowest BCUT2D eigenvalue weighted by molar-refractivity contribution is -0.177. The fourth-order valence-electron chi connectivity index (χ4n) is 2.21. The molecule has 1 aromatic carbocycles. The number of carbonyl (C=O) groups excluding carboxylic acids is 1. The molecule has 1 heterocycles. The zero-order valence-corrected chi connectivity index (χ0v) is 11.4. The van der Waals surface area contributed by atoms with E-state index in [-0.39, 0.29) is 31.6 Å². The summed E-state index contributed by atoms with van der Waals surface area (Å²) in [6.07, 6.45) is -4.36. The zero-order chi connectivity index (χ0) is 15.5. The van der Waals surface area contributed by atoms with Crippen LogP contribution in [0.25, 0.3) is 0 Å². The van der Waals surface area contributed by atoms with Gasteiger partial charge >= 0.3 is 12.1 Å². The lowest BCUT2D eigenvalue weighted by Crippen LogP contribution is -2.28. The maximum absolute atomic E-state index is 12.8. The standard InChI is InChI=1S/C14H15F3O4/c1-19-12(18)5-6-13(20-7-8-21-13)10-3-2-4-11(9-10)14(15,16)17/h2-4,9H,5-8H2,1H3. The molecule has 0 spiro atoms. The molecule has 0 N–H and O–H groups in total. The van der Waals surface area contributed by atoms with E-state index in [0.717, 1.165) is 12.1 Å². The summed E-state index contributed by atoms with van der Waals surface area (Å²) in [6, 6.07) is 4.76. The van der Waals surface area contributed by atoms with Crippen molar-refractivity contribution in [1.29, 1.82) is 0 Å². The highest BCUT2D eigenvalue weighted by atomic mass is 19.4. The number of ether oxygens (including phenoxy) is 3. The number of halogens is 3. The lowest BCUT2D eigenvalue weighted by atomic mass is 9.98. The second-order valence-corrected chi connectivity index (χ2v) is 4.60. The highest BCUT2D eigenvalue weighted by molar-refractivity contribution is 5.69. The van der Waals surface area contributed by atoms with Gasteiger partial charge in [-0.2, -0.15) is 13.2 Å². The van der Waals surface area contributed by atoms with Crippen LogP contribution in [0.3, 0.4) is 0 Å². The Hall–Kier alpha value is -1.60. The van der Waals surface area contributed by atoms with Crippen LogP contribution >= 0.6 is 0 Å². The van der Waals surface area contributed by atoms with Crippen molar-refractivity contribution < 1.29 is 32.2 Å². The van der Waals surface area contributed by atoms with Gasteiger partial charge in [0.1, 0.15) is 0 Å². The van der Waals surface area contributed by atoms with Crippen molar-refractivity contribution in [3.8, 4) is 0 Å². The number of esters is 1. The van der Waals surface area contributed by atoms with Crippen molar-refractivity contribution in [2.24, 2.45) is 0 Å². The first-order valence-corrected chi connectivity index (χ1v) is 6.40. The summed E-state index contributed by atoms with van der Waals surface area (Å²) in [6.45, 7) is 0.523. The Bertz CT molecular complexity index is 507. The molecule has 1 fully saturated rings. The predicted molar refractivity (Wildman–Crippen MR) is 66.3 cm³/mol. The fourth-order valence-corrected chi connectivity index (χ4v) is 2.21. The first-order valence-electron chi connectivity index (χ1n) is 6.40. The molecule has 4 nitrogen and oxygen atoms in total. The topological polar surface area (TPSA) is 44.8 Å². The van der Waals surface area contributed by atoms with Crippen LogP contribution in [-0.2, 0) is 31.0 Å². The molecule has 116 valence electrons. The van der Waals surface area contributed by atoms with Gasteiger partial charge in [-0.3, -0.25) is 4.79 Å². The number of methoxy groups -OCH3 is 1. The third kappa shape index (κ3) is 3.54. The molecule has 1 aliphatic heterocycles. The van der Waals surface area contributed by atoms with E-state index in [1.54, 1.807) is 0 Å². The highest BCUT2D eigenvalue weighted by Crippen LogP contribution is 2.38. The summed E-state index contributed by atoms with van der Waals surface area (Å²) in [4.78, 5) is 11.3. The number of carbonyl (C=O) groups is 1. The van der Waals surface area contributed by atoms with Gasteiger partial charge in [-0.15, -0.1) is 0 Å². The van der Waals surface area contributed by atoms with Crippen LogP contribution in [0.5, 0.6) is 0 Å². The summed E-state index contributed by atoms with van der Waals surface area (Å²) in [5, 5.41) is 0. The molecule has 0 atom stereocenters. The normalized spacial score (nSPS) is 17.7. The predicted octanol–water partition coefficient (Wildman–Crippen LogP) is 2.86. The molecule has 1 saturated heterocycles. The molecule has 0 unspecified atom stereocenters.